The van der Waals surface area contributed by atoms with Gasteiger partial charge in [0.15, 0.2) is 5.78 Å². The number of hydrogen-bond donors (Lipinski definition) is 3. The van der Waals surface area contributed by atoms with Gasteiger partial charge in [-0.1, -0.05) is 25.1 Å². The number of ketones is 1. The van der Waals surface area contributed by atoms with Crippen molar-refractivity contribution < 1.29 is 24.3 Å². The summed E-state index contributed by atoms with van der Waals surface area (Å²) in [5.41, 5.74) is 1.65. The molecule has 0 radical (unpaired) electrons. The highest BCUT2D eigenvalue weighted by atomic mass is 32.2. The van der Waals surface area contributed by atoms with Gasteiger partial charge >= 0.3 is 5.97 Å². The van der Waals surface area contributed by atoms with Crippen molar-refractivity contribution in [2.45, 2.75) is 30.4 Å². The van der Waals surface area contributed by atoms with Crippen LogP contribution in [0.15, 0.2) is 77.7 Å². The number of carboxylic acid groups (broad SMARTS) is 1. The van der Waals surface area contributed by atoms with Crippen molar-refractivity contribution in [2.24, 2.45) is 0 Å². The number of carboxylic acids is 1. The lowest BCUT2D eigenvalue weighted by atomic mass is 10.1. The number of hydrogen-bond acceptors (Lipinski definition) is 5. The molecule has 0 fully saturated rings. The lowest BCUT2D eigenvalue weighted by molar-refractivity contribution is -0.115. The summed E-state index contributed by atoms with van der Waals surface area (Å²) in [6.45, 7) is 3.39. The number of amides is 2. The molecule has 1 unspecified atom stereocenters. The van der Waals surface area contributed by atoms with Crippen LogP contribution >= 0.6 is 11.8 Å². The highest BCUT2D eigenvalue weighted by molar-refractivity contribution is 8.00. The zero-order valence-corrected chi connectivity index (χ0v) is 19.5. The first kappa shape index (κ1) is 24.7. The van der Waals surface area contributed by atoms with Crippen molar-refractivity contribution in [1.29, 1.82) is 0 Å². The van der Waals surface area contributed by atoms with Crippen LogP contribution in [0.25, 0.3) is 0 Å². The van der Waals surface area contributed by atoms with E-state index < -0.39 is 11.9 Å². The summed E-state index contributed by atoms with van der Waals surface area (Å²) in [4.78, 5) is 49.0. The van der Waals surface area contributed by atoms with Gasteiger partial charge in [0.05, 0.1) is 16.4 Å². The zero-order chi connectivity index (χ0) is 24.7. The second kappa shape index (κ2) is 11.3. The Balaban J connectivity index is 1.68. The van der Waals surface area contributed by atoms with E-state index in [0.29, 0.717) is 23.4 Å². The molecule has 0 aromatic heterocycles. The molecule has 0 bridgehead atoms. The van der Waals surface area contributed by atoms with Gasteiger partial charge in [-0.05, 0) is 67.9 Å². The van der Waals surface area contributed by atoms with Gasteiger partial charge in [-0.3, -0.25) is 14.4 Å². The van der Waals surface area contributed by atoms with Crippen molar-refractivity contribution in [3.8, 4) is 0 Å². The predicted octanol–water partition coefficient (Wildman–Crippen LogP) is 5.35. The lowest BCUT2D eigenvalue weighted by Gasteiger charge is -2.16. The van der Waals surface area contributed by atoms with Gasteiger partial charge in [-0.15, -0.1) is 11.8 Å². The molecular weight excluding hydrogens is 452 g/mol. The smallest absolute Gasteiger partial charge is 0.336 e. The largest absolute Gasteiger partial charge is 0.478 e. The van der Waals surface area contributed by atoms with Crippen molar-refractivity contribution in [3.05, 3.63) is 89.5 Å². The van der Waals surface area contributed by atoms with E-state index in [1.807, 2.05) is 13.0 Å². The van der Waals surface area contributed by atoms with E-state index in [0.717, 1.165) is 4.90 Å². The lowest BCUT2D eigenvalue weighted by Crippen LogP contribution is -2.24. The maximum absolute atomic E-state index is 12.8. The fraction of sp³-hybridized carbons (Fsp3) is 0.154. The number of benzene rings is 3. The van der Waals surface area contributed by atoms with Gasteiger partial charge < -0.3 is 15.7 Å². The van der Waals surface area contributed by atoms with Gasteiger partial charge in [-0.25, -0.2) is 4.79 Å². The van der Waals surface area contributed by atoms with Crippen LogP contribution in [-0.4, -0.2) is 33.9 Å². The van der Waals surface area contributed by atoms with E-state index in [4.69, 9.17) is 0 Å². The van der Waals surface area contributed by atoms with Gasteiger partial charge in [-0.2, -0.15) is 0 Å². The topological polar surface area (TPSA) is 113 Å². The number of anilines is 2. The number of Topliss-reactive ketones (excluding diaryl/α,β-unsaturated/α-hetero) is 1. The Hall–Kier alpha value is -3.91. The Morgan fingerprint density at radius 3 is 2.15 bits per heavy atom. The molecule has 0 saturated heterocycles. The third-order valence-corrected chi connectivity index (χ3v) is 6.35. The Labute approximate surface area is 201 Å². The highest BCUT2D eigenvalue weighted by Crippen LogP contribution is 2.29. The van der Waals surface area contributed by atoms with Crippen LogP contribution in [0.4, 0.5) is 11.4 Å². The molecule has 8 heteroatoms. The Bertz CT molecular complexity index is 1220. The molecule has 0 spiro atoms. The molecule has 7 nitrogen and oxygen atoms in total. The van der Waals surface area contributed by atoms with Crippen LogP contribution in [0.2, 0.25) is 0 Å². The average Bonchev–Trinajstić information content (AvgIpc) is 2.83. The first-order valence-electron chi connectivity index (χ1n) is 10.6. The van der Waals surface area contributed by atoms with E-state index in [9.17, 15) is 24.3 Å². The summed E-state index contributed by atoms with van der Waals surface area (Å²) < 4.78 is 0. The number of rotatable bonds is 9. The normalized spacial score (nSPS) is 11.4. The minimum absolute atomic E-state index is 0.0433. The number of thioether (sulfide) groups is 1. The van der Waals surface area contributed by atoms with Crippen molar-refractivity contribution >= 4 is 46.7 Å². The molecule has 3 rings (SSSR count). The molecule has 0 saturated carbocycles. The SMILES string of the molecule is CCC(Sc1cccc(NC(=O)c2ccccc2C(=O)O)c1)C(=O)Nc1ccc(C(C)=O)cc1. The van der Waals surface area contributed by atoms with Crippen molar-refractivity contribution in [2.75, 3.05) is 10.6 Å². The van der Waals surface area contributed by atoms with Gasteiger partial charge in [0.1, 0.15) is 0 Å². The maximum Gasteiger partial charge on any atom is 0.336 e. The summed E-state index contributed by atoms with van der Waals surface area (Å²) in [6.07, 6.45) is 0.574. The number of carbonyl (C=O) groups excluding carboxylic acids is 3. The van der Waals surface area contributed by atoms with E-state index >= 15 is 0 Å². The zero-order valence-electron chi connectivity index (χ0n) is 18.7. The summed E-state index contributed by atoms with van der Waals surface area (Å²) >= 11 is 1.36. The molecule has 34 heavy (non-hydrogen) atoms. The maximum atomic E-state index is 12.8. The summed E-state index contributed by atoms with van der Waals surface area (Å²) in [5.74, 6) is -1.92. The molecule has 2 amide bonds. The minimum atomic E-state index is -1.18. The van der Waals surface area contributed by atoms with Crippen LogP contribution in [0, 0.1) is 0 Å². The monoisotopic (exact) mass is 476 g/mol. The number of nitrogens with one attached hydrogen (secondary N) is 2. The predicted molar refractivity (Wildman–Crippen MR) is 133 cm³/mol. The molecular formula is C26H24N2O5S. The fourth-order valence-electron chi connectivity index (χ4n) is 3.21. The molecule has 0 aliphatic carbocycles. The van der Waals surface area contributed by atoms with Crippen LogP contribution in [0.5, 0.6) is 0 Å². The molecule has 1 atom stereocenters. The molecule has 3 aromatic rings. The Morgan fingerprint density at radius 1 is 0.853 bits per heavy atom. The van der Waals surface area contributed by atoms with Crippen LogP contribution in [0.1, 0.15) is 51.3 Å². The summed E-state index contributed by atoms with van der Waals surface area (Å²) in [7, 11) is 0. The van der Waals surface area contributed by atoms with E-state index in [-0.39, 0.29) is 28.1 Å². The van der Waals surface area contributed by atoms with E-state index in [2.05, 4.69) is 10.6 Å². The van der Waals surface area contributed by atoms with E-state index in [1.165, 1.54) is 30.8 Å². The molecule has 0 aliphatic heterocycles. The van der Waals surface area contributed by atoms with Crippen molar-refractivity contribution in [1.82, 2.24) is 0 Å². The van der Waals surface area contributed by atoms with Gasteiger partial charge in [0.25, 0.3) is 5.91 Å². The van der Waals surface area contributed by atoms with Crippen molar-refractivity contribution in [3.63, 3.8) is 0 Å². The molecule has 0 aliphatic rings. The van der Waals surface area contributed by atoms with Crippen LogP contribution in [0.3, 0.4) is 0 Å². The van der Waals surface area contributed by atoms with Crippen LogP contribution in [-0.2, 0) is 4.79 Å². The minimum Gasteiger partial charge on any atom is -0.478 e. The van der Waals surface area contributed by atoms with E-state index in [1.54, 1.807) is 54.6 Å². The summed E-state index contributed by atoms with van der Waals surface area (Å²) in [5, 5.41) is 14.5. The highest BCUT2D eigenvalue weighted by Gasteiger charge is 2.19. The average molecular weight is 477 g/mol. The fourth-order valence-corrected chi connectivity index (χ4v) is 4.22. The third-order valence-electron chi connectivity index (χ3n) is 4.99. The quantitative estimate of drug-likeness (QED) is 0.283. The first-order valence-corrected chi connectivity index (χ1v) is 11.5. The standard InChI is InChI=1S/C26H24N2O5S/c1-3-23(25(31)27-18-13-11-17(12-14-18)16(2)29)34-20-8-6-7-19(15-20)28-24(30)21-9-4-5-10-22(21)26(32)33/h4-15,23H,3H2,1-2H3,(H,27,31)(H,28,30)(H,32,33). The molecule has 174 valence electrons. The second-order valence-corrected chi connectivity index (χ2v) is 8.75. The molecule has 0 heterocycles. The van der Waals surface area contributed by atoms with Gasteiger partial charge in [0, 0.05) is 21.8 Å². The van der Waals surface area contributed by atoms with Gasteiger partial charge in [0.2, 0.25) is 5.91 Å². The first-order chi connectivity index (χ1) is 16.3. The summed E-state index contributed by atoms with van der Waals surface area (Å²) in [6, 6.07) is 19.7. The third kappa shape index (κ3) is 6.32. The molecule has 3 aromatic carbocycles. The van der Waals surface area contributed by atoms with Crippen LogP contribution < -0.4 is 10.6 Å². The number of carbonyl (C=O) groups is 4. The Morgan fingerprint density at radius 2 is 1.53 bits per heavy atom. The second-order valence-electron chi connectivity index (χ2n) is 7.47. The number of aromatic carboxylic acids is 1. The Kier molecular flexibility index (Phi) is 8.21. The molecule has 3 N–H and O–H groups in total.